The van der Waals surface area contributed by atoms with Crippen LogP contribution in [0, 0.1) is 0 Å². The lowest BCUT2D eigenvalue weighted by Crippen LogP contribution is -2.35. The summed E-state index contributed by atoms with van der Waals surface area (Å²) in [5.41, 5.74) is 1.56. The highest BCUT2D eigenvalue weighted by Crippen LogP contribution is 2.23. The standard InChI is InChI=1S/C13H18ClF3N2/c1-3-5-19(9-13(15,16)17)12-7-10(8-14)6-11(4-2)18-12/h6-7H,3-5,8-9H2,1-2H3. The Morgan fingerprint density at radius 3 is 2.42 bits per heavy atom. The summed E-state index contributed by atoms with van der Waals surface area (Å²) in [6.07, 6.45) is -2.94. The third-order valence-corrected chi connectivity index (χ3v) is 2.94. The molecule has 108 valence electrons. The number of alkyl halides is 4. The summed E-state index contributed by atoms with van der Waals surface area (Å²) in [4.78, 5) is 5.53. The van der Waals surface area contributed by atoms with Gasteiger partial charge in [-0.2, -0.15) is 13.2 Å². The molecule has 0 aromatic carbocycles. The predicted octanol–water partition coefficient (Wildman–Crippen LogP) is 4.16. The summed E-state index contributed by atoms with van der Waals surface area (Å²) in [7, 11) is 0. The van der Waals surface area contributed by atoms with Crippen LogP contribution in [0.4, 0.5) is 19.0 Å². The minimum atomic E-state index is -4.24. The normalized spacial score (nSPS) is 11.7. The van der Waals surface area contributed by atoms with Gasteiger partial charge >= 0.3 is 6.18 Å². The monoisotopic (exact) mass is 294 g/mol. The third-order valence-electron chi connectivity index (χ3n) is 2.63. The average Bonchev–Trinajstić information content (AvgIpc) is 2.36. The lowest BCUT2D eigenvalue weighted by Gasteiger charge is -2.25. The van der Waals surface area contributed by atoms with Gasteiger partial charge in [0.1, 0.15) is 12.4 Å². The lowest BCUT2D eigenvalue weighted by molar-refractivity contribution is -0.119. The van der Waals surface area contributed by atoms with Crippen LogP contribution in [0.25, 0.3) is 0 Å². The van der Waals surface area contributed by atoms with Gasteiger partial charge < -0.3 is 4.90 Å². The molecule has 0 saturated heterocycles. The lowest BCUT2D eigenvalue weighted by atomic mass is 10.2. The Kier molecular flexibility index (Phi) is 5.91. The maximum absolute atomic E-state index is 12.6. The summed E-state index contributed by atoms with van der Waals surface area (Å²) in [6, 6.07) is 3.46. The molecule has 1 heterocycles. The Balaban J connectivity index is 3.06. The van der Waals surface area contributed by atoms with E-state index in [1.165, 1.54) is 4.90 Å². The van der Waals surface area contributed by atoms with Crippen molar-refractivity contribution in [2.24, 2.45) is 0 Å². The van der Waals surface area contributed by atoms with Gasteiger partial charge in [0.15, 0.2) is 0 Å². The van der Waals surface area contributed by atoms with Crippen LogP contribution in [0.3, 0.4) is 0 Å². The van der Waals surface area contributed by atoms with Crippen molar-refractivity contribution in [3.8, 4) is 0 Å². The first-order valence-electron chi connectivity index (χ1n) is 6.27. The van der Waals surface area contributed by atoms with E-state index in [-0.39, 0.29) is 5.88 Å². The van der Waals surface area contributed by atoms with Crippen molar-refractivity contribution < 1.29 is 13.2 Å². The Labute approximate surface area is 116 Å². The van der Waals surface area contributed by atoms with E-state index in [2.05, 4.69) is 4.98 Å². The van der Waals surface area contributed by atoms with E-state index in [4.69, 9.17) is 11.6 Å². The first kappa shape index (κ1) is 16.1. The van der Waals surface area contributed by atoms with Crippen LogP contribution in [0.15, 0.2) is 12.1 Å². The van der Waals surface area contributed by atoms with Crippen LogP contribution in [0.2, 0.25) is 0 Å². The van der Waals surface area contributed by atoms with Gasteiger partial charge in [0.25, 0.3) is 0 Å². The first-order valence-corrected chi connectivity index (χ1v) is 6.80. The molecule has 0 aliphatic rings. The number of halogens is 4. The zero-order valence-corrected chi connectivity index (χ0v) is 11.9. The van der Waals surface area contributed by atoms with Crippen molar-refractivity contribution in [2.45, 2.75) is 38.7 Å². The fourth-order valence-corrected chi connectivity index (χ4v) is 1.97. The molecule has 0 aliphatic heterocycles. The number of anilines is 1. The zero-order chi connectivity index (χ0) is 14.5. The molecule has 0 aliphatic carbocycles. The maximum Gasteiger partial charge on any atom is 0.405 e. The molecule has 6 heteroatoms. The molecule has 0 saturated carbocycles. The molecule has 1 aromatic heterocycles. The largest absolute Gasteiger partial charge is 0.405 e. The summed E-state index contributed by atoms with van der Waals surface area (Å²) in [6.45, 7) is 3.09. The van der Waals surface area contributed by atoms with Crippen molar-refractivity contribution in [1.82, 2.24) is 4.98 Å². The number of aromatic nitrogens is 1. The van der Waals surface area contributed by atoms with E-state index in [1.54, 1.807) is 6.07 Å². The molecule has 0 unspecified atom stereocenters. The van der Waals surface area contributed by atoms with Crippen LogP contribution < -0.4 is 4.90 Å². The van der Waals surface area contributed by atoms with Crippen molar-refractivity contribution in [3.05, 3.63) is 23.4 Å². The zero-order valence-electron chi connectivity index (χ0n) is 11.1. The van der Waals surface area contributed by atoms with Gasteiger partial charge in [0.2, 0.25) is 0 Å². The molecular weight excluding hydrogens is 277 g/mol. The molecule has 0 radical (unpaired) electrons. The Morgan fingerprint density at radius 2 is 1.95 bits per heavy atom. The molecule has 0 N–H and O–H groups in total. The molecule has 2 nitrogen and oxygen atoms in total. The van der Waals surface area contributed by atoms with Crippen LogP contribution >= 0.6 is 11.6 Å². The van der Waals surface area contributed by atoms with Crippen molar-refractivity contribution in [2.75, 3.05) is 18.0 Å². The second kappa shape index (κ2) is 6.98. The highest BCUT2D eigenvalue weighted by molar-refractivity contribution is 6.17. The average molecular weight is 295 g/mol. The fourth-order valence-electron chi connectivity index (χ4n) is 1.81. The minimum Gasteiger partial charge on any atom is -0.348 e. The summed E-state index contributed by atoms with van der Waals surface area (Å²) < 4.78 is 37.8. The van der Waals surface area contributed by atoms with E-state index in [0.29, 0.717) is 25.2 Å². The molecule has 1 rings (SSSR count). The van der Waals surface area contributed by atoms with E-state index in [9.17, 15) is 13.2 Å². The van der Waals surface area contributed by atoms with E-state index in [0.717, 1.165) is 11.3 Å². The molecule has 0 spiro atoms. The van der Waals surface area contributed by atoms with Crippen molar-refractivity contribution >= 4 is 17.4 Å². The second-order valence-corrected chi connectivity index (χ2v) is 4.62. The number of pyridine rings is 1. The third kappa shape index (κ3) is 5.27. The van der Waals surface area contributed by atoms with E-state index < -0.39 is 12.7 Å². The quantitative estimate of drug-likeness (QED) is 0.732. The highest BCUT2D eigenvalue weighted by Gasteiger charge is 2.31. The SMILES string of the molecule is CCCN(CC(F)(F)F)c1cc(CCl)cc(CC)n1. The van der Waals surface area contributed by atoms with Crippen LogP contribution in [0.5, 0.6) is 0 Å². The molecule has 0 bridgehead atoms. The van der Waals surface area contributed by atoms with Gasteiger partial charge in [-0.25, -0.2) is 4.98 Å². The number of nitrogens with zero attached hydrogens (tertiary/aromatic N) is 2. The summed E-state index contributed by atoms with van der Waals surface area (Å²) in [5.74, 6) is 0.628. The molecular formula is C13H18ClF3N2. The summed E-state index contributed by atoms with van der Waals surface area (Å²) >= 11 is 5.77. The van der Waals surface area contributed by atoms with E-state index >= 15 is 0 Å². The Hall–Kier alpha value is -0.970. The molecule has 0 amide bonds. The number of aryl methyl sites for hydroxylation is 1. The van der Waals surface area contributed by atoms with Crippen molar-refractivity contribution in [1.29, 1.82) is 0 Å². The molecule has 0 fully saturated rings. The Bertz CT molecular complexity index is 385. The molecule has 19 heavy (non-hydrogen) atoms. The second-order valence-electron chi connectivity index (χ2n) is 4.35. The molecule has 0 atom stereocenters. The maximum atomic E-state index is 12.6. The van der Waals surface area contributed by atoms with Crippen LogP contribution in [-0.2, 0) is 12.3 Å². The summed E-state index contributed by atoms with van der Waals surface area (Å²) in [5, 5.41) is 0. The fraction of sp³-hybridized carbons (Fsp3) is 0.615. The number of rotatable bonds is 6. The molecule has 1 aromatic rings. The minimum absolute atomic E-state index is 0.272. The number of hydrogen-bond donors (Lipinski definition) is 0. The number of hydrogen-bond acceptors (Lipinski definition) is 2. The first-order chi connectivity index (χ1) is 8.89. The van der Waals surface area contributed by atoms with E-state index in [1.807, 2.05) is 19.9 Å². The van der Waals surface area contributed by atoms with Gasteiger partial charge in [0, 0.05) is 18.1 Å². The van der Waals surface area contributed by atoms with Gasteiger partial charge in [-0.15, -0.1) is 11.6 Å². The topological polar surface area (TPSA) is 16.1 Å². The van der Waals surface area contributed by atoms with Crippen LogP contribution in [-0.4, -0.2) is 24.2 Å². The van der Waals surface area contributed by atoms with Crippen molar-refractivity contribution in [3.63, 3.8) is 0 Å². The smallest absolute Gasteiger partial charge is 0.348 e. The Morgan fingerprint density at radius 1 is 1.26 bits per heavy atom. The van der Waals surface area contributed by atoms with Gasteiger partial charge in [-0.1, -0.05) is 13.8 Å². The van der Waals surface area contributed by atoms with Gasteiger partial charge in [0.05, 0.1) is 0 Å². The van der Waals surface area contributed by atoms with Gasteiger partial charge in [-0.05, 0) is 30.5 Å². The predicted molar refractivity (Wildman–Crippen MR) is 71.7 cm³/mol. The van der Waals surface area contributed by atoms with Crippen LogP contribution in [0.1, 0.15) is 31.5 Å². The van der Waals surface area contributed by atoms with Gasteiger partial charge in [-0.3, -0.25) is 0 Å². The highest BCUT2D eigenvalue weighted by atomic mass is 35.5.